The highest BCUT2D eigenvalue weighted by Crippen LogP contribution is 2.16. The van der Waals surface area contributed by atoms with Crippen LogP contribution in [0.3, 0.4) is 0 Å². The van der Waals surface area contributed by atoms with Crippen LogP contribution in [0.25, 0.3) is 0 Å². The second-order valence-corrected chi connectivity index (χ2v) is 4.19. The van der Waals surface area contributed by atoms with Gasteiger partial charge in [0.05, 0.1) is 6.10 Å². The number of carbonyl (C=O) groups is 3. The summed E-state index contributed by atoms with van der Waals surface area (Å²) in [5.74, 6) is -2.23. The quantitative estimate of drug-likeness (QED) is 0.521. The van der Waals surface area contributed by atoms with Gasteiger partial charge in [0, 0.05) is 18.4 Å². The van der Waals surface area contributed by atoms with Gasteiger partial charge in [0.15, 0.2) is 5.78 Å². The van der Waals surface area contributed by atoms with Gasteiger partial charge in [0.2, 0.25) is 5.78 Å². The van der Waals surface area contributed by atoms with Crippen molar-refractivity contribution in [3.63, 3.8) is 0 Å². The zero-order chi connectivity index (χ0) is 13.5. The van der Waals surface area contributed by atoms with E-state index in [-0.39, 0.29) is 18.6 Å². The fraction of sp³-hybridized carbons (Fsp3) is 0.462. The van der Waals surface area contributed by atoms with Gasteiger partial charge in [-0.25, -0.2) is 4.79 Å². The molecule has 0 saturated heterocycles. The monoisotopic (exact) mass is 252 g/mol. The molecule has 0 aromatic carbocycles. The highest BCUT2D eigenvalue weighted by molar-refractivity contribution is 6.32. The summed E-state index contributed by atoms with van der Waals surface area (Å²) >= 11 is 0. The van der Waals surface area contributed by atoms with Crippen molar-refractivity contribution in [1.29, 1.82) is 0 Å². The van der Waals surface area contributed by atoms with Crippen molar-refractivity contribution >= 4 is 17.5 Å². The molecule has 0 fully saturated rings. The molecule has 1 aliphatic rings. The highest BCUT2D eigenvalue weighted by Gasteiger charge is 2.19. The molecule has 0 heterocycles. The number of Topliss-reactive ketones (excluding diaryl/α,β-unsaturated/α-hetero) is 2. The van der Waals surface area contributed by atoms with Crippen LogP contribution >= 0.6 is 0 Å². The van der Waals surface area contributed by atoms with Crippen molar-refractivity contribution < 1.29 is 24.6 Å². The molecule has 0 aliphatic heterocycles. The summed E-state index contributed by atoms with van der Waals surface area (Å²) in [6, 6.07) is 0. The lowest BCUT2D eigenvalue weighted by Crippen LogP contribution is -2.11. The van der Waals surface area contributed by atoms with Gasteiger partial charge >= 0.3 is 5.97 Å². The Bertz CT molecular complexity index is 406. The molecule has 5 heteroatoms. The Morgan fingerprint density at radius 2 is 2.11 bits per heavy atom. The molecular weight excluding hydrogens is 236 g/mol. The van der Waals surface area contributed by atoms with Gasteiger partial charge in [-0.3, -0.25) is 9.59 Å². The molecule has 0 saturated carbocycles. The first-order chi connectivity index (χ1) is 8.50. The van der Waals surface area contributed by atoms with E-state index in [9.17, 15) is 19.5 Å². The van der Waals surface area contributed by atoms with E-state index in [0.29, 0.717) is 24.8 Å². The maximum absolute atomic E-state index is 11.3. The third-order valence-electron chi connectivity index (χ3n) is 2.65. The average Bonchev–Trinajstić information content (AvgIpc) is 2.61. The number of allylic oxidation sites excluding steroid dienone is 3. The summed E-state index contributed by atoms with van der Waals surface area (Å²) in [6.07, 6.45) is 6.39. The smallest absolute Gasteiger partial charge is 0.372 e. The van der Waals surface area contributed by atoms with Crippen molar-refractivity contribution in [1.82, 2.24) is 0 Å². The number of hydrogen-bond acceptors (Lipinski definition) is 4. The molecule has 0 aromatic heterocycles. The lowest BCUT2D eigenvalue weighted by molar-refractivity contribution is -0.149. The second-order valence-electron chi connectivity index (χ2n) is 4.19. The third kappa shape index (κ3) is 4.63. The van der Waals surface area contributed by atoms with Gasteiger partial charge in [-0.2, -0.15) is 0 Å². The summed E-state index contributed by atoms with van der Waals surface area (Å²) < 4.78 is 0. The molecule has 98 valence electrons. The number of aliphatic hydroxyl groups excluding tert-OH is 1. The number of ketones is 2. The molecule has 5 nitrogen and oxygen atoms in total. The Morgan fingerprint density at radius 3 is 2.67 bits per heavy atom. The minimum Gasteiger partial charge on any atom is -0.476 e. The summed E-state index contributed by atoms with van der Waals surface area (Å²) in [6.45, 7) is 0. The van der Waals surface area contributed by atoms with E-state index in [1.807, 2.05) is 0 Å². The maximum Gasteiger partial charge on any atom is 0.372 e. The van der Waals surface area contributed by atoms with Gasteiger partial charge in [-0.1, -0.05) is 12.2 Å². The van der Waals surface area contributed by atoms with E-state index in [4.69, 9.17) is 5.11 Å². The van der Waals surface area contributed by atoms with Gasteiger partial charge < -0.3 is 10.2 Å². The molecule has 1 atom stereocenters. The van der Waals surface area contributed by atoms with Crippen LogP contribution in [0.5, 0.6) is 0 Å². The molecule has 1 aliphatic carbocycles. The zero-order valence-electron chi connectivity index (χ0n) is 9.96. The van der Waals surface area contributed by atoms with Crippen LogP contribution < -0.4 is 0 Å². The van der Waals surface area contributed by atoms with Gasteiger partial charge in [0.1, 0.15) is 0 Å². The van der Waals surface area contributed by atoms with Crippen LogP contribution in [-0.2, 0) is 14.4 Å². The number of carboxylic acid groups (broad SMARTS) is 1. The van der Waals surface area contributed by atoms with Gasteiger partial charge in [-0.15, -0.1) is 0 Å². The topological polar surface area (TPSA) is 91.7 Å². The minimum absolute atomic E-state index is 0.0452. The summed E-state index contributed by atoms with van der Waals surface area (Å²) in [5.41, 5.74) is 0.518. The van der Waals surface area contributed by atoms with Crippen LogP contribution in [0.4, 0.5) is 0 Å². The predicted molar refractivity (Wildman–Crippen MR) is 64.0 cm³/mol. The van der Waals surface area contributed by atoms with E-state index >= 15 is 0 Å². The fourth-order valence-electron chi connectivity index (χ4n) is 1.68. The summed E-state index contributed by atoms with van der Waals surface area (Å²) in [4.78, 5) is 32.3. The number of carboxylic acids is 1. The lowest BCUT2D eigenvalue weighted by atomic mass is 10.1. The standard InChI is InChI=1S/C13H16O5/c14-10-7-9(12(16)8-10)5-3-1-2-4-6-11(15)13(17)18/h3,5,7,10,14H,1-2,4,6,8H2,(H,17,18). The predicted octanol–water partition coefficient (Wildman–Crippen LogP) is 1.02. The Morgan fingerprint density at radius 1 is 1.39 bits per heavy atom. The van der Waals surface area contributed by atoms with Crippen LogP contribution in [0.15, 0.2) is 23.8 Å². The van der Waals surface area contributed by atoms with Crippen molar-refractivity contribution in [2.75, 3.05) is 0 Å². The van der Waals surface area contributed by atoms with E-state index < -0.39 is 17.9 Å². The zero-order valence-corrected chi connectivity index (χ0v) is 9.96. The highest BCUT2D eigenvalue weighted by atomic mass is 16.4. The number of hydrogen-bond donors (Lipinski definition) is 2. The number of aliphatic carboxylic acids is 1. The Kier molecular flexibility index (Phi) is 5.45. The first kappa shape index (κ1) is 14.3. The molecule has 18 heavy (non-hydrogen) atoms. The fourth-order valence-corrected chi connectivity index (χ4v) is 1.68. The molecule has 0 amide bonds. The Labute approximate surface area is 105 Å². The third-order valence-corrected chi connectivity index (χ3v) is 2.65. The second kappa shape index (κ2) is 6.86. The lowest BCUT2D eigenvalue weighted by Gasteiger charge is -1.95. The van der Waals surface area contributed by atoms with Crippen molar-refractivity contribution in [3.8, 4) is 0 Å². The SMILES string of the molecule is O=C(O)C(=O)CCCCC=CC1=CC(O)CC1=O. The van der Waals surface area contributed by atoms with E-state index in [0.717, 1.165) is 0 Å². The molecule has 0 bridgehead atoms. The molecule has 0 aromatic rings. The average molecular weight is 252 g/mol. The normalized spacial score (nSPS) is 19.3. The van der Waals surface area contributed by atoms with Crippen LogP contribution in [-0.4, -0.2) is 33.9 Å². The van der Waals surface area contributed by atoms with E-state index in [1.165, 1.54) is 6.08 Å². The largest absolute Gasteiger partial charge is 0.476 e. The molecule has 1 unspecified atom stereocenters. The number of aliphatic hydroxyl groups is 1. The van der Waals surface area contributed by atoms with E-state index in [2.05, 4.69) is 0 Å². The van der Waals surface area contributed by atoms with Gasteiger partial charge in [0.25, 0.3) is 0 Å². The van der Waals surface area contributed by atoms with Crippen LogP contribution in [0, 0.1) is 0 Å². The number of rotatable bonds is 7. The molecule has 0 spiro atoms. The van der Waals surface area contributed by atoms with Crippen molar-refractivity contribution in [2.24, 2.45) is 0 Å². The number of unbranched alkanes of at least 4 members (excludes halogenated alkanes) is 2. The van der Waals surface area contributed by atoms with E-state index in [1.54, 1.807) is 12.2 Å². The molecular formula is C13H16O5. The Hall–Kier alpha value is -1.75. The number of carbonyl (C=O) groups excluding carboxylic acids is 2. The molecule has 1 rings (SSSR count). The van der Waals surface area contributed by atoms with Gasteiger partial charge in [-0.05, 0) is 25.3 Å². The van der Waals surface area contributed by atoms with Crippen LogP contribution in [0.2, 0.25) is 0 Å². The Balaban J connectivity index is 2.19. The molecule has 2 N–H and O–H groups in total. The van der Waals surface area contributed by atoms with Crippen LogP contribution in [0.1, 0.15) is 32.1 Å². The summed E-state index contributed by atoms with van der Waals surface area (Å²) in [5, 5.41) is 17.5. The minimum atomic E-state index is -1.39. The molecule has 0 radical (unpaired) electrons. The maximum atomic E-state index is 11.3. The first-order valence-corrected chi connectivity index (χ1v) is 5.86. The van der Waals surface area contributed by atoms with Crippen molar-refractivity contribution in [3.05, 3.63) is 23.8 Å². The van der Waals surface area contributed by atoms with Crippen molar-refractivity contribution in [2.45, 2.75) is 38.2 Å². The first-order valence-electron chi connectivity index (χ1n) is 5.86. The summed E-state index contributed by atoms with van der Waals surface area (Å²) in [7, 11) is 0.